The normalized spacial score (nSPS) is 23.0. The van der Waals surface area contributed by atoms with Gasteiger partial charge in [-0.15, -0.1) is 11.3 Å². The molecular formula is C17H20N2O3S2. The smallest absolute Gasteiger partial charge is 0.319 e. The Balaban J connectivity index is 1.81. The van der Waals surface area contributed by atoms with Gasteiger partial charge in [0.25, 0.3) is 5.56 Å². The summed E-state index contributed by atoms with van der Waals surface area (Å²) in [6, 6.07) is 0. The van der Waals surface area contributed by atoms with Crippen LogP contribution in [0.5, 0.6) is 0 Å². The van der Waals surface area contributed by atoms with Crippen LogP contribution in [-0.4, -0.2) is 26.9 Å². The lowest BCUT2D eigenvalue weighted by Gasteiger charge is -2.13. The van der Waals surface area contributed by atoms with Crippen LogP contribution in [0.25, 0.3) is 10.2 Å². The predicted octanol–water partition coefficient (Wildman–Crippen LogP) is 3.15. The van der Waals surface area contributed by atoms with Crippen molar-refractivity contribution in [3.63, 3.8) is 0 Å². The van der Waals surface area contributed by atoms with E-state index in [2.05, 4.69) is 6.92 Å². The highest BCUT2D eigenvalue weighted by molar-refractivity contribution is 8.00. The number of carbonyl (C=O) groups is 1. The number of fused-ring (bicyclic) bond motifs is 3. The van der Waals surface area contributed by atoms with Crippen LogP contribution in [0.2, 0.25) is 0 Å². The van der Waals surface area contributed by atoms with E-state index in [0.717, 1.165) is 35.9 Å². The van der Waals surface area contributed by atoms with E-state index in [4.69, 9.17) is 9.72 Å². The summed E-state index contributed by atoms with van der Waals surface area (Å²) in [5.41, 5.74) is 1.27. The van der Waals surface area contributed by atoms with Gasteiger partial charge in [0.1, 0.15) is 16.2 Å². The molecule has 0 unspecified atom stereocenters. The molecule has 2 aliphatic rings. The van der Waals surface area contributed by atoms with Gasteiger partial charge in [0.15, 0.2) is 5.16 Å². The van der Waals surface area contributed by atoms with Crippen LogP contribution in [0.3, 0.4) is 0 Å². The SMILES string of the molecule is CCCn1c(S[C@@H]2C[C@@H](C)OC2=O)nc2sc3c(c2c1=O)CCC3. The van der Waals surface area contributed by atoms with E-state index in [0.29, 0.717) is 18.1 Å². The molecule has 1 saturated heterocycles. The average Bonchev–Trinajstić information content (AvgIpc) is 3.18. The van der Waals surface area contributed by atoms with E-state index in [9.17, 15) is 9.59 Å². The second-order valence-corrected chi connectivity index (χ2v) is 8.73. The number of rotatable bonds is 4. The van der Waals surface area contributed by atoms with Gasteiger partial charge in [0.05, 0.1) is 5.39 Å². The van der Waals surface area contributed by atoms with E-state index in [1.807, 2.05) is 6.92 Å². The van der Waals surface area contributed by atoms with Gasteiger partial charge in [0.2, 0.25) is 0 Å². The molecule has 5 nitrogen and oxygen atoms in total. The molecule has 0 radical (unpaired) electrons. The van der Waals surface area contributed by atoms with Crippen LogP contribution in [0.4, 0.5) is 0 Å². The number of esters is 1. The quantitative estimate of drug-likeness (QED) is 0.616. The number of thioether (sulfide) groups is 1. The lowest BCUT2D eigenvalue weighted by atomic mass is 10.2. The van der Waals surface area contributed by atoms with Crippen molar-refractivity contribution in [1.82, 2.24) is 9.55 Å². The Hall–Kier alpha value is -1.34. The summed E-state index contributed by atoms with van der Waals surface area (Å²) in [5.74, 6) is -0.196. The first-order valence-corrected chi connectivity index (χ1v) is 10.2. The summed E-state index contributed by atoms with van der Waals surface area (Å²) in [6.07, 6.45) is 4.64. The minimum atomic E-state index is -0.265. The second kappa shape index (κ2) is 6.19. The molecular weight excluding hydrogens is 344 g/mol. The van der Waals surface area contributed by atoms with Crippen LogP contribution in [0.15, 0.2) is 9.95 Å². The third kappa shape index (κ3) is 2.58. The van der Waals surface area contributed by atoms with E-state index in [-0.39, 0.29) is 22.9 Å². The van der Waals surface area contributed by atoms with Crippen LogP contribution < -0.4 is 5.56 Å². The molecule has 1 aliphatic heterocycles. The zero-order valence-electron chi connectivity index (χ0n) is 13.8. The molecule has 24 heavy (non-hydrogen) atoms. The number of ether oxygens (including phenoxy) is 1. The summed E-state index contributed by atoms with van der Waals surface area (Å²) in [7, 11) is 0. The molecule has 0 aromatic carbocycles. The average molecular weight is 364 g/mol. The topological polar surface area (TPSA) is 61.2 Å². The maximum atomic E-state index is 13.1. The van der Waals surface area contributed by atoms with Crippen molar-refractivity contribution in [3.8, 4) is 0 Å². The van der Waals surface area contributed by atoms with Crippen LogP contribution in [-0.2, 0) is 28.9 Å². The third-order valence-electron chi connectivity index (χ3n) is 4.61. The number of thiophene rings is 1. The molecule has 4 rings (SSSR count). The summed E-state index contributed by atoms with van der Waals surface area (Å²) >= 11 is 3.03. The van der Waals surface area contributed by atoms with Gasteiger partial charge in [-0.25, -0.2) is 4.98 Å². The number of hydrogen-bond donors (Lipinski definition) is 0. The van der Waals surface area contributed by atoms with Crippen LogP contribution in [0, 0.1) is 0 Å². The molecule has 3 heterocycles. The van der Waals surface area contributed by atoms with Crippen molar-refractivity contribution in [2.24, 2.45) is 0 Å². The van der Waals surface area contributed by atoms with Gasteiger partial charge in [-0.3, -0.25) is 14.2 Å². The Morgan fingerprint density at radius 1 is 1.38 bits per heavy atom. The van der Waals surface area contributed by atoms with Crippen molar-refractivity contribution in [2.75, 3.05) is 0 Å². The Morgan fingerprint density at radius 2 is 2.21 bits per heavy atom. The van der Waals surface area contributed by atoms with Crippen molar-refractivity contribution in [1.29, 1.82) is 0 Å². The molecule has 0 amide bonds. The zero-order valence-corrected chi connectivity index (χ0v) is 15.5. The van der Waals surface area contributed by atoms with Crippen molar-refractivity contribution in [3.05, 3.63) is 20.8 Å². The fourth-order valence-corrected chi connectivity index (χ4v) is 6.04. The highest BCUT2D eigenvalue weighted by Crippen LogP contribution is 2.37. The Bertz CT molecular complexity index is 871. The molecule has 1 aliphatic carbocycles. The van der Waals surface area contributed by atoms with Gasteiger partial charge in [0, 0.05) is 17.8 Å². The Labute approximate surface area is 148 Å². The molecule has 0 saturated carbocycles. The van der Waals surface area contributed by atoms with Crippen molar-refractivity contribution in [2.45, 2.75) is 69.0 Å². The molecule has 128 valence electrons. The summed E-state index contributed by atoms with van der Waals surface area (Å²) < 4.78 is 7.00. The Kier molecular flexibility index (Phi) is 4.16. The number of nitrogens with zero attached hydrogens (tertiary/aromatic N) is 2. The van der Waals surface area contributed by atoms with Gasteiger partial charge in [-0.1, -0.05) is 18.7 Å². The van der Waals surface area contributed by atoms with Gasteiger partial charge >= 0.3 is 5.97 Å². The molecule has 1 fully saturated rings. The number of hydrogen-bond acceptors (Lipinski definition) is 6. The highest BCUT2D eigenvalue weighted by Gasteiger charge is 2.34. The van der Waals surface area contributed by atoms with Gasteiger partial charge in [-0.2, -0.15) is 0 Å². The number of carbonyl (C=O) groups excluding carboxylic acids is 1. The highest BCUT2D eigenvalue weighted by atomic mass is 32.2. The van der Waals surface area contributed by atoms with Gasteiger partial charge in [-0.05, 0) is 38.2 Å². The first-order valence-electron chi connectivity index (χ1n) is 8.50. The molecule has 7 heteroatoms. The fourth-order valence-electron chi connectivity index (χ4n) is 3.51. The molecule has 2 aromatic heterocycles. The molecule has 2 atom stereocenters. The predicted molar refractivity (Wildman–Crippen MR) is 96.0 cm³/mol. The summed E-state index contributed by atoms with van der Waals surface area (Å²) in [4.78, 5) is 32.0. The number of aromatic nitrogens is 2. The van der Waals surface area contributed by atoms with E-state index < -0.39 is 0 Å². The van der Waals surface area contributed by atoms with E-state index in [1.165, 1.54) is 22.2 Å². The van der Waals surface area contributed by atoms with Crippen LogP contribution in [0.1, 0.15) is 43.6 Å². The van der Waals surface area contributed by atoms with Gasteiger partial charge < -0.3 is 4.74 Å². The van der Waals surface area contributed by atoms with Crippen molar-refractivity contribution >= 4 is 39.3 Å². The van der Waals surface area contributed by atoms with Crippen LogP contribution >= 0.6 is 23.1 Å². The summed E-state index contributed by atoms with van der Waals surface area (Å²) in [5, 5.41) is 1.21. The fraction of sp³-hybridized carbons (Fsp3) is 0.588. The second-order valence-electron chi connectivity index (χ2n) is 6.48. The first kappa shape index (κ1) is 16.1. The lowest BCUT2D eigenvalue weighted by molar-refractivity contribution is -0.140. The summed E-state index contributed by atoms with van der Waals surface area (Å²) in [6.45, 7) is 4.58. The molecule has 2 aromatic rings. The standard InChI is InChI=1S/C17H20N2O3S2/c1-3-7-19-15(20)13-10-5-4-6-11(10)23-14(13)18-17(19)24-12-8-9(2)22-16(12)21/h9,12H,3-8H2,1-2H3/t9-,12-/m1/s1. The third-order valence-corrected chi connectivity index (χ3v) is 6.99. The molecule has 0 N–H and O–H groups in total. The maximum absolute atomic E-state index is 13.1. The van der Waals surface area contributed by atoms with E-state index >= 15 is 0 Å². The van der Waals surface area contributed by atoms with Crippen molar-refractivity contribution < 1.29 is 9.53 Å². The lowest BCUT2D eigenvalue weighted by Crippen LogP contribution is -2.24. The molecule has 0 spiro atoms. The largest absolute Gasteiger partial charge is 0.462 e. The van der Waals surface area contributed by atoms with E-state index in [1.54, 1.807) is 15.9 Å². The monoisotopic (exact) mass is 364 g/mol. The first-order chi connectivity index (χ1) is 11.6. The Morgan fingerprint density at radius 3 is 2.92 bits per heavy atom. The number of aryl methyl sites for hydroxylation is 2. The molecule has 0 bridgehead atoms. The zero-order chi connectivity index (χ0) is 16.8. The number of cyclic esters (lactones) is 1. The minimum absolute atomic E-state index is 0.0585. The minimum Gasteiger partial charge on any atom is -0.462 e. The maximum Gasteiger partial charge on any atom is 0.319 e.